The van der Waals surface area contributed by atoms with E-state index in [1.54, 1.807) is 12.1 Å². The molecule has 9 heteroatoms. The molecule has 6 nitrogen and oxygen atoms in total. The van der Waals surface area contributed by atoms with E-state index in [2.05, 4.69) is 5.32 Å². The quantitative estimate of drug-likeness (QED) is 0.707. The second-order valence-corrected chi connectivity index (χ2v) is 10.7. The summed E-state index contributed by atoms with van der Waals surface area (Å²) < 4.78 is 33.5. The van der Waals surface area contributed by atoms with Crippen molar-refractivity contribution in [1.29, 1.82) is 0 Å². The average molecular weight is 443 g/mol. The molecule has 1 aliphatic rings. The molecule has 1 aromatic carbocycles. The fourth-order valence-electron chi connectivity index (χ4n) is 3.06. The number of amides is 1. The molecule has 152 valence electrons. The predicted octanol–water partition coefficient (Wildman–Crippen LogP) is 3.83. The molecule has 1 aliphatic heterocycles. The van der Waals surface area contributed by atoms with Crippen molar-refractivity contribution in [1.82, 2.24) is 4.31 Å². The Hall–Kier alpha value is -1.45. The number of nitrogens with zero attached hydrogens (tertiary/aromatic N) is 1. The molecule has 1 amide bonds. The number of sulfonamides is 1. The van der Waals surface area contributed by atoms with Crippen molar-refractivity contribution in [2.45, 2.75) is 37.0 Å². The van der Waals surface area contributed by atoms with Crippen LogP contribution in [0.1, 0.15) is 24.0 Å². The maximum Gasteiger partial charge on any atom is 0.253 e. The summed E-state index contributed by atoms with van der Waals surface area (Å²) in [4.78, 5) is 12.7. The molecule has 2 aromatic rings. The van der Waals surface area contributed by atoms with Crippen LogP contribution in [0.3, 0.4) is 0 Å². The molecular formula is C19H23ClN2O4S2. The predicted molar refractivity (Wildman–Crippen MR) is 112 cm³/mol. The van der Waals surface area contributed by atoms with Gasteiger partial charge in [-0.2, -0.15) is 4.31 Å². The molecule has 0 saturated carbocycles. The van der Waals surface area contributed by atoms with E-state index in [1.807, 2.05) is 26.0 Å². The zero-order valence-electron chi connectivity index (χ0n) is 15.8. The summed E-state index contributed by atoms with van der Waals surface area (Å²) in [5, 5.41) is 2.83. The maximum absolute atomic E-state index is 13.1. The third-order valence-electron chi connectivity index (χ3n) is 4.77. The van der Waals surface area contributed by atoms with Gasteiger partial charge >= 0.3 is 0 Å². The van der Waals surface area contributed by atoms with E-state index in [0.29, 0.717) is 16.6 Å². The number of halogens is 1. The van der Waals surface area contributed by atoms with Crippen molar-refractivity contribution in [3.05, 3.63) is 45.8 Å². The summed E-state index contributed by atoms with van der Waals surface area (Å²) in [6, 6.07) is 8.62. The summed E-state index contributed by atoms with van der Waals surface area (Å²) in [6.07, 6.45) is 1.45. The number of ether oxygens (including phenoxy) is 1. The second kappa shape index (κ2) is 8.92. The van der Waals surface area contributed by atoms with Crippen LogP contribution in [0.25, 0.3) is 0 Å². The SMILES string of the molecule is Cc1cccc(NC(=O)CN(C[C@H]2CCCO2)S(=O)(=O)c2ccc(Cl)s2)c1C. The van der Waals surface area contributed by atoms with E-state index in [-0.39, 0.29) is 23.4 Å². The van der Waals surface area contributed by atoms with Crippen LogP contribution in [0.2, 0.25) is 4.34 Å². The smallest absolute Gasteiger partial charge is 0.253 e. The summed E-state index contributed by atoms with van der Waals surface area (Å²) >= 11 is 6.90. The molecule has 0 unspecified atom stereocenters. The largest absolute Gasteiger partial charge is 0.377 e. The first-order valence-electron chi connectivity index (χ1n) is 9.00. The topological polar surface area (TPSA) is 75.7 Å². The lowest BCUT2D eigenvalue weighted by atomic mass is 10.1. The van der Waals surface area contributed by atoms with E-state index < -0.39 is 15.9 Å². The number of aryl methyl sites for hydroxylation is 1. The second-order valence-electron chi connectivity index (χ2n) is 6.79. The zero-order valence-corrected chi connectivity index (χ0v) is 18.2. The minimum Gasteiger partial charge on any atom is -0.377 e. The molecule has 1 atom stereocenters. The normalized spacial score (nSPS) is 17.2. The third-order valence-corrected chi connectivity index (χ3v) is 8.28. The molecular weight excluding hydrogens is 420 g/mol. The van der Waals surface area contributed by atoms with Gasteiger partial charge in [0.1, 0.15) is 4.21 Å². The number of benzene rings is 1. The molecule has 1 fully saturated rings. The Bertz CT molecular complexity index is 953. The van der Waals surface area contributed by atoms with E-state index in [0.717, 1.165) is 35.3 Å². The Labute approximate surface area is 174 Å². The highest BCUT2D eigenvalue weighted by Crippen LogP contribution is 2.29. The molecule has 0 bridgehead atoms. The highest BCUT2D eigenvalue weighted by atomic mass is 35.5. The maximum atomic E-state index is 13.1. The number of carbonyl (C=O) groups is 1. The average Bonchev–Trinajstić information content (AvgIpc) is 3.30. The van der Waals surface area contributed by atoms with Crippen LogP contribution in [0.15, 0.2) is 34.5 Å². The van der Waals surface area contributed by atoms with Crippen LogP contribution in [-0.4, -0.2) is 44.4 Å². The highest BCUT2D eigenvalue weighted by molar-refractivity contribution is 7.91. The first-order valence-corrected chi connectivity index (χ1v) is 11.6. The van der Waals surface area contributed by atoms with Gasteiger partial charge in [-0.25, -0.2) is 8.42 Å². The first kappa shape index (κ1) is 21.3. The van der Waals surface area contributed by atoms with Crippen molar-refractivity contribution in [3.63, 3.8) is 0 Å². The van der Waals surface area contributed by atoms with Gasteiger partial charge in [0.25, 0.3) is 10.0 Å². The number of anilines is 1. The number of nitrogens with one attached hydrogen (secondary N) is 1. The lowest BCUT2D eigenvalue weighted by Crippen LogP contribution is -2.42. The fraction of sp³-hybridized carbons (Fsp3) is 0.421. The fourth-order valence-corrected chi connectivity index (χ4v) is 6.13. The Kier molecular flexibility index (Phi) is 6.77. The number of rotatable bonds is 7. The molecule has 1 N–H and O–H groups in total. The number of thiophene rings is 1. The lowest BCUT2D eigenvalue weighted by molar-refractivity contribution is -0.116. The van der Waals surface area contributed by atoms with Crippen molar-refractivity contribution in [3.8, 4) is 0 Å². The van der Waals surface area contributed by atoms with Gasteiger partial charge < -0.3 is 10.1 Å². The number of carbonyl (C=O) groups excluding carboxylic acids is 1. The Morgan fingerprint density at radius 3 is 2.75 bits per heavy atom. The lowest BCUT2D eigenvalue weighted by Gasteiger charge is -2.24. The molecule has 3 rings (SSSR count). The van der Waals surface area contributed by atoms with Crippen molar-refractivity contribution in [2.24, 2.45) is 0 Å². The summed E-state index contributed by atoms with van der Waals surface area (Å²) in [7, 11) is -3.85. The molecule has 0 spiro atoms. The van der Waals surface area contributed by atoms with E-state index >= 15 is 0 Å². The van der Waals surface area contributed by atoms with E-state index in [9.17, 15) is 13.2 Å². The van der Waals surface area contributed by atoms with Crippen LogP contribution in [0.4, 0.5) is 5.69 Å². The summed E-state index contributed by atoms with van der Waals surface area (Å²) in [5.41, 5.74) is 2.68. The molecule has 2 heterocycles. The van der Waals surface area contributed by atoms with Gasteiger partial charge in [-0.15, -0.1) is 11.3 Å². The number of hydrogen-bond donors (Lipinski definition) is 1. The van der Waals surface area contributed by atoms with E-state index in [4.69, 9.17) is 16.3 Å². The Morgan fingerprint density at radius 1 is 1.32 bits per heavy atom. The van der Waals surface area contributed by atoms with Gasteiger partial charge in [0.05, 0.1) is 17.0 Å². The molecule has 1 aromatic heterocycles. The summed E-state index contributed by atoms with van der Waals surface area (Å²) in [6.45, 7) is 4.33. The highest BCUT2D eigenvalue weighted by Gasteiger charge is 2.32. The molecule has 0 radical (unpaired) electrons. The van der Waals surface area contributed by atoms with Gasteiger partial charge in [-0.3, -0.25) is 4.79 Å². The van der Waals surface area contributed by atoms with Crippen LogP contribution in [-0.2, 0) is 19.6 Å². The van der Waals surface area contributed by atoms with E-state index in [1.165, 1.54) is 10.4 Å². The monoisotopic (exact) mass is 442 g/mol. The third kappa shape index (κ3) is 4.93. The van der Waals surface area contributed by atoms with Gasteiger partial charge in [-0.1, -0.05) is 23.7 Å². The molecule has 1 saturated heterocycles. The standard InChI is InChI=1S/C19H23ClN2O4S2/c1-13-5-3-7-16(14(13)2)21-18(23)12-22(11-15-6-4-10-26-15)28(24,25)19-9-8-17(20)27-19/h3,5,7-9,15H,4,6,10-12H2,1-2H3,(H,21,23)/t15-/m1/s1. The Balaban J connectivity index is 1.80. The first-order chi connectivity index (χ1) is 13.3. The van der Waals surface area contributed by atoms with Crippen LogP contribution >= 0.6 is 22.9 Å². The molecule has 28 heavy (non-hydrogen) atoms. The minimum absolute atomic E-state index is 0.120. The minimum atomic E-state index is -3.85. The van der Waals surface area contributed by atoms with Gasteiger partial charge in [0.2, 0.25) is 5.91 Å². The van der Waals surface area contributed by atoms with Crippen LogP contribution < -0.4 is 5.32 Å². The van der Waals surface area contributed by atoms with Gasteiger partial charge in [0, 0.05) is 18.8 Å². The van der Waals surface area contributed by atoms with Crippen molar-refractivity contribution in [2.75, 3.05) is 25.0 Å². The van der Waals surface area contributed by atoms with Crippen LogP contribution in [0.5, 0.6) is 0 Å². The van der Waals surface area contributed by atoms with Crippen LogP contribution in [0, 0.1) is 13.8 Å². The zero-order chi connectivity index (χ0) is 20.3. The summed E-state index contributed by atoms with van der Waals surface area (Å²) in [5.74, 6) is -0.391. The number of hydrogen-bond acceptors (Lipinski definition) is 5. The van der Waals surface area contributed by atoms with Gasteiger partial charge in [0.15, 0.2) is 0 Å². The van der Waals surface area contributed by atoms with Gasteiger partial charge in [-0.05, 0) is 56.0 Å². The molecule has 0 aliphatic carbocycles. The Morgan fingerprint density at radius 2 is 2.11 bits per heavy atom. The van der Waals surface area contributed by atoms with Crippen molar-refractivity contribution < 1.29 is 17.9 Å². The van der Waals surface area contributed by atoms with Crippen molar-refractivity contribution >= 4 is 44.6 Å².